The molecule has 0 aliphatic rings. The molecule has 11 heteroatoms. The maximum atomic E-state index is 8.58. The average Bonchev–Trinajstić information content (AvgIpc) is 2.26. The molecule has 0 aromatic heterocycles. The second kappa shape index (κ2) is 8.04. The Morgan fingerprint density at radius 2 is 0.529 bits per heavy atom. The fourth-order valence-electron chi connectivity index (χ4n) is 0.265. The molecule has 0 spiro atoms. The summed E-state index contributed by atoms with van der Waals surface area (Å²) in [5, 5.41) is 51.5. The molecule has 0 aliphatic carbocycles. The summed E-state index contributed by atoms with van der Waals surface area (Å²) in [5.41, 5.74) is 0. The molecule has 17 heavy (non-hydrogen) atoms. The third-order valence-electron chi connectivity index (χ3n) is 1.19. The monoisotopic (exact) mass is 240 g/mol. The van der Waals surface area contributed by atoms with Crippen LogP contribution in [0.4, 0.5) is 0 Å². The predicted octanol–water partition coefficient (Wildman–Crippen LogP) is -11.9. The Bertz CT molecular complexity index is 400. The molecule has 0 N–H and O–H groups in total. The number of nitriles is 6. The van der Waals surface area contributed by atoms with E-state index in [1.54, 1.807) is 0 Å². The summed E-state index contributed by atoms with van der Waals surface area (Å²) >= 11 is 0. The van der Waals surface area contributed by atoms with Crippen molar-refractivity contribution >= 4 is 0 Å². The first-order valence-electron chi connectivity index (χ1n) is 2.40. The van der Waals surface area contributed by atoms with E-state index in [9.17, 15) is 0 Å². The Hall–Kier alpha value is -0.151. The van der Waals surface area contributed by atoms with Crippen LogP contribution in [0.15, 0.2) is 0 Å². The van der Waals surface area contributed by atoms with Gasteiger partial charge in [0.25, 0.3) is 0 Å². The van der Waals surface area contributed by atoms with Crippen molar-refractivity contribution in [1.82, 2.24) is 0 Å². The van der Waals surface area contributed by atoms with Gasteiger partial charge in [-0.2, -0.15) is 0 Å². The molecule has 0 atom stereocenters. The van der Waals surface area contributed by atoms with Crippen LogP contribution in [0, 0.1) is 61.4 Å². The molecule has 0 rings (SSSR count). The van der Waals surface area contributed by atoms with Gasteiger partial charge in [-0.25, -0.2) is 0 Å². The van der Waals surface area contributed by atoms with Crippen LogP contribution in [0.1, 0.15) is 0 Å². The van der Waals surface area contributed by atoms with Crippen LogP contribution in [-0.2, 0) is 10.7 Å². The smallest absolute Gasteiger partial charge is 1.00 e. The summed E-state index contributed by atoms with van der Waals surface area (Å²) in [4.78, 5) is 6.19. The van der Waals surface area contributed by atoms with Crippen LogP contribution >= 0.6 is 0 Å². The zero-order chi connectivity index (χ0) is 10.7. The van der Waals surface area contributed by atoms with Crippen LogP contribution in [0.25, 0.3) is 0 Å². The van der Waals surface area contributed by atoms with E-state index in [1.807, 2.05) is 0 Å². The largest absolute Gasteiger partial charge is 1.00 e. The Labute approximate surface area is 146 Å². The van der Waals surface area contributed by atoms with E-state index in [0.717, 1.165) is 29.8 Å². The van der Waals surface area contributed by atoms with Crippen LogP contribution < -0.4 is 75.4 Å². The topological polar surface area (TPSA) is 143 Å². The van der Waals surface area contributed by atoms with Crippen molar-refractivity contribution in [2.24, 2.45) is 0 Å². The summed E-state index contributed by atoms with van der Waals surface area (Å²) < 4.78 is 0. The van der Waals surface area contributed by atoms with Crippen LogP contribution in [0.5, 0.6) is 0 Å². The maximum absolute atomic E-state index is 8.58. The SMILES string of the molecule is N#[C][Fe-4]([C]#N)([C]#N)([C]#N)([C]#N)[C]#N.[Li+].[Li+].[Li+].[Li+]. The molecule has 66 valence electrons. The van der Waals surface area contributed by atoms with Crippen molar-refractivity contribution in [3.05, 3.63) is 0 Å². The Kier molecular flexibility index (Phi) is 14.3. The van der Waals surface area contributed by atoms with Crippen molar-refractivity contribution < 1.29 is 86.2 Å². The summed E-state index contributed by atoms with van der Waals surface area (Å²) in [6.45, 7) is 0. The second-order valence-electron chi connectivity index (χ2n) is 1.80. The fraction of sp³-hybridized carbons (Fsp3) is 0. The molecule has 0 unspecified atom stereocenters. The average molecular weight is 240 g/mol. The third-order valence-corrected chi connectivity index (χ3v) is 4.89. The normalized spacial score (nSPS) is 10.2. The molecule has 0 saturated heterocycles. The quantitative estimate of drug-likeness (QED) is 0.384. The van der Waals surface area contributed by atoms with E-state index in [2.05, 4.69) is 0 Å². The van der Waals surface area contributed by atoms with E-state index >= 15 is 0 Å². The molecule has 0 aromatic carbocycles. The number of rotatable bonds is 0. The van der Waals surface area contributed by atoms with Gasteiger partial charge in [0.2, 0.25) is 0 Å². The molecular formula is C6FeLi4N6. The third kappa shape index (κ3) is 3.41. The van der Waals surface area contributed by atoms with E-state index in [0.29, 0.717) is 0 Å². The van der Waals surface area contributed by atoms with Gasteiger partial charge in [-0.05, 0) is 0 Å². The van der Waals surface area contributed by atoms with Gasteiger partial charge < -0.3 is 0 Å². The standard InChI is InChI=1S/6CN.Fe.4Li/c6*1-2;;;;;/q;;;;;;-4;4*+1. The van der Waals surface area contributed by atoms with E-state index in [1.165, 1.54) is 0 Å². The Morgan fingerprint density at radius 3 is 0.529 bits per heavy atom. The van der Waals surface area contributed by atoms with Gasteiger partial charge in [-0.15, -0.1) is 0 Å². The molecule has 0 amide bonds. The molecule has 0 aromatic rings. The number of hydrogen-bond acceptors (Lipinski definition) is 6. The molecule has 0 fully saturated rings. The second-order valence-corrected chi connectivity index (χ2v) is 7.42. The predicted molar refractivity (Wildman–Crippen MR) is 33.7 cm³/mol. The van der Waals surface area contributed by atoms with Crippen molar-refractivity contribution in [2.75, 3.05) is 0 Å². The van der Waals surface area contributed by atoms with Gasteiger partial charge >= 0.3 is 148 Å². The van der Waals surface area contributed by atoms with E-state index in [-0.39, 0.29) is 75.4 Å². The Balaban J connectivity index is -0.000000120. The molecule has 0 bridgehead atoms. The molecule has 0 saturated carbocycles. The van der Waals surface area contributed by atoms with Crippen LogP contribution in [0.2, 0.25) is 0 Å². The first-order chi connectivity index (χ1) is 5.97. The van der Waals surface area contributed by atoms with E-state index in [4.69, 9.17) is 31.6 Å². The summed E-state index contributed by atoms with van der Waals surface area (Å²) in [6.07, 6.45) is 0. The molecular weight excluding hydrogens is 240 g/mol. The van der Waals surface area contributed by atoms with Crippen molar-refractivity contribution in [2.45, 2.75) is 0 Å². The number of hydrogen-bond donors (Lipinski definition) is 0. The van der Waals surface area contributed by atoms with Gasteiger partial charge in [0, 0.05) is 0 Å². The molecule has 0 heterocycles. The fourth-order valence-corrected chi connectivity index (χ4v) is 1.09. The van der Waals surface area contributed by atoms with Gasteiger partial charge in [0.15, 0.2) is 0 Å². The van der Waals surface area contributed by atoms with Crippen molar-refractivity contribution in [3.63, 3.8) is 0 Å². The van der Waals surface area contributed by atoms with Crippen LogP contribution in [-0.4, -0.2) is 0 Å². The molecule has 0 radical (unpaired) electrons. The van der Waals surface area contributed by atoms with Crippen molar-refractivity contribution in [3.8, 4) is 29.8 Å². The zero-order valence-corrected chi connectivity index (χ0v) is 11.1. The molecule has 0 aliphatic heterocycles. The minimum absolute atomic E-state index is 0. The Morgan fingerprint density at radius 1 is 0.412 bits per heavy atom. The van der Waals surface area contributed by atoms with E-state index < -0.39 is 10.7 Å². The van der Waals surface area contributed by atoms with Gasteiger partial charge in [-0.1, -0.05) is 0 Å². The number of nitrogens with zero attached hydrogens (tertiary/aromatic N) is 6. The zero-order valence-electron chi connectivity index (χ0n) is 10.0. The van der Waals surface area contributed by atoms with Crippen molar-refractivity contribution in [1.29, 1.82) is 31.6 Å². The first kappa shape index (κ1) is 30.1. The summed E-state index contributed by atoms with van der Waals surface area (Å²) in [7, 11) is -6.17. The van der Waals surface area contributed by atoms with Crippen LogP contribution in [0.3, 0.4) is 0 Å². The van der Waals surface area contributed by atoms with Gasteiger partial charge in [0.1, 0.15) is 0 Å². The summed E-state index contributed by atoms with van der Waals surface area (Å²) in [5.74, 6) is 0. The summed E-state index contributed by atoms with van der Waals surface area (Å²) in [6, 6.07) is 0. The minimum Gasteiger partial charge on any atom is 1.00 e. The maximum Gasteiger partial charge on any atom is 1.00 e. The minimum atomic E-state index is -6.17. The van der Waals surface area contributed by atoms with Gasteiger partial charge in [0.05, 0.1) is 0 Å². The molecule has 6 nitrogen and oxygen atoms in total. The van der Waals surface area contributed by atoms with Gasteiger partial charge in [-0.3, -0.25) is 0 Å². The first-order valence-corrected chi connectivity index (χ1v) is 5.71.